The highest BCUT2D eigenvalue weighted by Crippen LogP contribution is 2.18. The van der Waals surface area contributed by atoms with Crippen LogP contribution in [0.25, 0.3) is 0 Å². The molecule has 0 saturated heterocycles. The summed E-state index contributed by atoms with van der Waals surface area (Å²) < 4.78 is 11.3. The number of unbranched alkanes of at least 4 members (excludes halogenated alkanes) is 18. The van der Waals surface area contributed by atoms with Crippen LogP contribution in [0.3, 0.4) is 0 Å². The minimum Gasteiger partial charge on any atom is -0.466 e. The Labute approximate surface area is 273 Å². The van der Waals surface area contributed by atoms with Gasteiger partial charge in [0.2, 0.25) is 0 Å². The molecule has 0 spiro atoms. The number of esters is 2. The smallest absolute Gasteiger partial charge is 0.306 e. The third-order valence-corrected chi connectivity index (χ3v) is 8.70. The Balaban J connectivity index is 4.10. The van der Waals surface area contributed by atoms with Gasteiger partial charge in [0, 0.05) is 19.4 Å². The van der Waals surface area contributed by atoms with Crippen LogP contribution in [0.2, 0.25) is 0 Å². The number of carbonyl (C=O) groups excluding carboxylic acids is 2. The molecule has 0 aliphatic carbocycles. The Morgan fingerprint density at radius 1 is 0.523 bits per heavy atom. The van der Waals surface area contributed by atoms with Crippen LogP contribution in [0.15, 0.2) is 0 Å². The molecular weight excluding hydrogens is 550 g/mol. The largest absolute Gasteiger partial charge is 0.466 e. The monoisotopic (exact) mass is 626 g/mol. The van der Waals surface area contributed by atoms with Crippen molar-refractivity contribution in [1.82, 2.24) is 4.90 Å². The van der Waals surface area contributed by atoms with Gasteiger partial charge in [-0.15, -0.1) is 0 Å². The van der Waals surface area contributed by atoms with E-state index in [1.165, 1.54) is 89.9 Å². The number of ether oxygens (including phenoxy) is 2. The molecule has 6 heteroatoms. The van der Waals surface area contributed by atoms with Crippen molar-refractivity contribution in [3.8, 4) is 0 Å². The van der Waals surface area contributed by atoms with E-state index in [1.54, 1.807) is 0 Å². The molecule has 0 saturated carbocycles. The van der Waals surface area contributed by atoms with E-state index < -0.39 is 0 Å². The maximum atomic E-state index is 12.7. The van der Waals surface area contributed by atoms with Gasteiger partial charge in [-0.05, 0) is 70.9 Å². The highest BCUT2D eigenvalue weighted by Gasteiger charge is 2.15. The Morgan fingerprint density at radius 2 is 0.955 bits per heavy atom. The molecule has 0 rings (SSSR count). The van der Waals surface area contributed by atoms with Crippen molar-refractivity contribution in [2.24, 2.45) is 0 Å². The average molecular weight is 626 g/mol. The first-order valence-electron chi connectivity index (χ1n) is 19.3. The lowest BCUT2D eigenvalue weighted by atomic mass is 10.0. The summed E-state index contributed by atoms with van der Waals surface area (Å²) in [5.74, 6) is -0.0689. The van der Waals surface area contributed by atoms with Crippen LogP contribution in [-0.4, -0.2) is 60.9 Å². The zero-order valence-electron chi connectivity index (χ0n) is 29.7. The molecule has 0 amide bonds. The first-order chi connectivity index (χ1) is 21.6. The van der Waals surface area contributed by atoms with Gasteiger partial charge in [0.05, 0.1) is 13.2 Å². The number of rotatable bonds is 35. The minimum absolute atomic E-state index is 0.0228. The van der Waals surface area contributed by atoms with Crippen molar-refractivity contribution >= 4 is 11.9 Å². The number of aliphatic hydroxyl groups excluding tert-OH is 1. The summed E-state index contributed by atoms with van der Waals surface area (Å²) in [7, 11) is 0. The standard InChI is InChI=1S/C38H75NO5/c1-4-7-10-12-16-20-27-36(28-21-17-13-11-8-5-2)44-38(42)30-23-25-32-39(33-34-40)31-24-19-15-14-18-22-29-37(41)43-35-26-9-6-3/h36,40H,4-35H2,1-3H3. The molecule has 0 aliphatic heterocycles. The summed E-state index contributed by atoms with van der Waals surface area (Å²) in [5, 5.41) is 9.51. The maximum Gasteiger partial charge on any atom is 0.306 e. The van der Waals surface area contributed by atoms with Crippen LogP contribution in [-0.2, 0) is 19.1 Å². The molecule has 0 unspecified atom stereocenters. The first-order valence-corrected chi connectivity index (χ1v) is 19.3. The Hall–Kier alpha value is -1.14. The fourth-order valence-electron chi connectivity index (χ4n) is 5.82. The summed E-state index contributed by atoms with van der Waals surface area (Å²) in [5.41, 5.74) is 0. The normalized spacial score (nSPS) is 11.5. The predicted octanol–water partition coefficient (Wildman–Crippen LogP) is 10.3. The van der Waals surface area contributed by atoms with E-state index in [0.29, 0.717) is 26.0 Å². The van der Waals surface area contributed by atoms with Crippen molar-refractivity contribution in [1.29, 1.82) is 0 Å². The van der Waals surface area contributed by atoms with Gasteiger partial charge in [-0.25, -0.2) is 0 Å². The Bertz CT molecular complexity index is 598. The van der Waals surface area contributed by atoms with Crippen LogP contribution < -0.4 is 0 Å². The summed E-state index contributed by atoms with van der Waals surface area (Å²) in [6.07, 6.45) is 30.2. The van der Waals surface area contributed by atoms with Crippen LogP contribution in [0.5, 0.6) is 0 Å². The van der Waals surface area contributed by atoms with E-state index >= 15 is 0 Å². The Morgan fingerprint density at radius 3 is 1.52 bits per heavy atom. The second kappa shape index (κ2) is 34.7. The predicted molar refractivity (Wildman–Crippen MR) is 186 cm³/mol. The molecular formula is C38H75NO5. The molecule has 0 aliphatic rings. The van der Waals surface area contributed by atoms with Crippen LogP contribution in [0, 0.1) is 0 Å². The highest BCUT2D eigenvalue weighted by molar-refractivity contribution is 5.69. The lowest BCUT2D eigenvalue weighted by Crippen LogP contribution is -2.29. The fourth-order valence-corrected chi connectivity index (χ4v) is 5.82. The molecule has 0 aromatic rings. The van der Waals surface area contributed by atoms with Crippen molar-refractivity contribution in [2.75, 3.05) is 32.8 Å². The average Bonchev–Trinajstić information content (AvgIpc) is 3.01. The van der Waals surface area contributed by atoms with Crippen molar-refractivity contribution in [2.45, 2.75) is 200 Å². The number of nitrogens with zero attached hydrogens (tertiary/aromatic N) is 1. The van der Waals surface area contributed by atoms with E-state index in [9.17, 15) is 14.7 Å². The van der Waals surface area contributed by atoms with Crippen molar-refractivity contribution < 1.29 is 24.2 Å². The molecule has 262 valence electrons. The van der Waals surface area contributed by atoms with Crippen LogP contribution in [0.1, 0.15) is 194 Å². The third kappa shape index (κ3) is 30.9. The number of hydrogen-bond donors (Lipinski definition) is 1. The summed E-state index contributed by atoms with van der Waals surface area (Å²) in [6, 6.07) is 0. The van der Waals surface area contributed by atoms with Gasteiger partial charge >= 0.3 is 11.9 Å². The molecule has 6 nitrogen and oxygen atoms in total. The van der Waals surface area contributed by atoms with Crippen molar-refractivity contribution in [3.05, 3.63) is 0 Å². The van der Waals surface area contributed by atoms with Gasteiger partial charge in [-0.2, -0.15) is 0 Å². The molecule has 0 fully saturated rings. The second-order valence-electron chi connectivity index (χ2n) is 13.0. The summed E-state index contributed by atoms with van der Waals surface area (Å²) >= 11 is 0. The lowest BCUT2D eigenvalue weighted by Gasteiger charge is -2.21. The molecule has 0 bridgehead atoms. The topological polar surface area (TPSA) is 76.1 Å². The zero-order chi connectivity index (χ0) is 32.4. The highest BCUT2D eigenvalue weighted by atomic mass is 16.5. The number of aliphatic hydroxyl groups is 1. The molecule has 44 heavy (non-hydrogen) atoms. The van der Waals surface area contributed by atoms with E-state index in [4.69, 9.17) is 9.47 Å². The Kier molecular flexibility index (Phi) is 33.8. The maximum absolute atomic E-state index is 12.7. The molecule has 0 atom stereocenters. The van der Waals surface area contributed by atoms with Gasteiger partial charge in [-0.3, -0.25) is 9.59 Å². The quantitative estimate of drug-likeness (QED) is 0.0558. The minimum atomic E-state index is -0.0461. The summed E-state index contributed by atoms with van der Waals surface area (Å²) in [4.78, 5) is 26.8. The molecule has 1 N–H and O–H groups in total. The molecule has 0 aromatic carbocycles. The molecule has 0 heterocycles. The SMILES string of the molecule is CCCCCCCCC(CCCCCCCC)OC(=O)CCCCN(CCO)CCCCCCCCC(=O)OCCCCC. The number of carbonyl (C=O) groups is 2. The van der Waals surface area contributed by atoms with Crippen LogP contribution in [0.4, 0.5) is 0 Å². The molecule has 0 radical (unpaired) electrons. The van der Waals surface area contributed by atoms with Gasteiger partial charge in [-0.1, -0.05) is 124 Å². The van der Waals surface area contributed by atoms with E-state index in [1.807, 2.05) is 0 Å². The zero-order valence-corrected chi connectivity index (χ0v) is 29.7. The fraction of sp³-hybridized carbons (Fsp3) is 0.947. The van der Waals surface area contributed by atoms with Gasteiger partial charge in [0.1, 0.15) is 6.10 Å². The lowest BCUT2D eigenvalue weighted by molar-refractivity contribution is -0.150. The van der Waals surface area contributed by atoms with E-state index in [0.717, 1.165) is 83.7 Å². The molecule has 0 aromatic heterocycles. The van der Waals surface area contributed by atoms with Gasteiger partial charge in [0.25, 0.3) is 0 Å². The first kappa shape index (κ1) is 42.9. The van der Waals surface area contributed by atoms with Crippen LogP contribution >= 0.6 is 0 Å². The number of hydrogen-bond acceptors (Lipinski definition) is 6. The third-order valence-electron chi connectivity index (χ3n) is 8.70. The summed E-state index contributed by atoms with van der Waals surface area (Å²) in [6.45, 7) is 10.0. The van der Waals surface area contributed by atoms with E-state index in [-0.39, 0.29) is 24.6 Å². The van der Waals surface area contributed by atoms with E-state index in [2.05, 4.69) is 25.7 Å². The second-order valence-corrected chi connectivity index (χ2v) is 13.0. The van der Waals surface area contributed by atoms with Gasteiger partial charge in [0.15, 0.2) is 0 Å². The van der Waals surface area contributed by atoms with Crippen molar-refractivity contribution in [3.63, 3.8) is 0 Å². The van der Waals surface area contributed by atoms with Gasteiger partial charge < -0.3 is 19.5 Å².